The number of nitrogens with one attached hydrogen (secondary N) is 1. The summed E-state index contributed by atoms with van der Waals surface area (Å²) in [5, 5.41) is 2.80. The van der Waals surface area contributed by atoms with Crippen molar-refractivity contribution in [3.8, 4) is 0 Å². The van der Waals surface area contributed by atoms with Gasteiger partial charge < -0.3 is 20.4 Å². The Bertz CT molecular complexity index is 900. The lowest BCUT2D eigenvalue weighted by atomic mass is 10.1. The zero-order valence-corrected chi connectivity index (χ0v) is 18.5. The van der Waals surface area contributed by atoms with Gasteiger partial charge in [-0.15, -0.1) is 12.4 Å². The van der Waals surface area contributed by atoms with Gasteiger partial charge in [0.15, 0.2) is 5.95 Å². The molecule has 2 aromatic carbocycles. The molecular weight excluding hydrogens is 412 g/mol. The van der Waals surface area contributed by atoms with Gasteiger partial charge in [-0.2, -0.15) is 0 Å². The fourth-order valence-corrected chi connectivity index (χ4v) is 3.37. The Hall–Kier alpha value is -2.99. The number of ether oxygens (including phenoxy) is 1. The van der Waals surface area contributed by atoms with E-state index >= 15 is 0 Å². The number of nitrogens with two attached hydrogens (primary N) is 1. The van der Waals surface area contributed by atoms with Crippen LogP contribution >= 0.6 is 12.4 Å². The molecule has 0 spiro atoms. The molecule has 6 nitrogen and oxygen atoms in total. The average Bonchev–Trinajstić information content (AvgIpc) is 3.13. The predicted octanol–water partition coefficient (Wildman–Crippen LogP) is 4.77. The lowest BCUT2D eigenvalue weighted by molar-refractivity contribution is 0.139. The number of rotatable bonds is 11. The van der Waals surface area contributed by atoms with Crippen LogP contribution in [0.2, 0.25) is 0 Å². The maximum atomic E-state index is 11.8. The van der Waals surface area contributed by atoms with Crippen molar-refractivity contribution in [2.24, 2.45) is 0 Å². The fraction of sp³-hybridized carbons (Fsp3) is 0.333. The number of alkyl carbamates (subject to hydrolysis) is 1. The van der Waals surface area contributed by atoms with Gasteiger partial charge in [-0.05, 0) is 43.2 Å². The summed E-state index contributed by atoms with van der Waals surface area (Å²) in [5.74, 6) is 0.570. The number of carbonyl (C=O) groups is 1. The molecule has 166 valence electrons. The quantitative estimate of drug-likeness (QED) is 0.419. The highest BCUT2D eigenvalue weighted by atomic mass is 35.5. The van der Waals surface area contributed by atoms with Crippen LogP contribution in [0.15, 0.2) is 66.9 Å². The van der Waals surface area contributed by atoms with E-state index in [0.29, 0.717) is 12.5 Å². The molecule has 7 heteroatoms. The Kier molecular flexibility index (Phi) is 10.4. The Morgan fingerprint density at radius 2 is 1.61 bits per heavy atom. The third-order valence-electron chi connectivity index (χ3n) is 5.00. The van der Waals surface area contributed by atoms with E-state index in [9.17, 15) is 4.79 Å². The number of aryl methyl sites for hydroxylation is 2. The standard InChI is InChI=1S/C24H30N4O2.ClH/c25-23-27-18-22(28(23)17-9-14-20-10-3-1-4-11-20)15-7-8-16-26-24(29)30-19-21-12-5-2-6-13-21;/h1-6,10-13,18H,7-9,14-17,19H2,(H2,25,27)(H,26,29);1H. The lowest BCUT2D eigenvalue weighted by Crippen LogP contribution is -2.25. The van der Waals surface area contributed by atoms with Crippen LogP contribution in [-0.4, -0.2) is 22.2 Å². The van der Waals surface area contributed by atoms with Crippen molar-refractivity contribution < 1.29 is 9.53 Å². The van der Waals surface area contributed by atoms with Gasteiger partial charge in [0.05, 0.1) is 6.20 Å². The first-order valence-corrected chi connectivity index (χ1v) is 10.5. The molecule has 1 aromatic heterocycles. The molecular formula is C24H31ClN4O2. The largest absolute Gasteiger partial charge is 0.445 e. The van der Waals surface area contributed by atoms with Crippen molar-refractivity contribution in [1.29, 1.82) is 0 Å². The minimum absolute atomic E-state index is 0. The zero-order valence-electron chi connectivity index (χ0n) is 17.7. The Morgan fingerprint density at radius 1 is 0.935 bits per heavy atom. The van der Waals surface area contributed by atoms with Crippen LogP contribution in [0.1, 0.15) is 36.1 Å². The smallest absolute Gasteiger partial charge is 0.407 e. The maximum Gasteiger partial charge on any atom is 0.407 e. The topological polar surface area (TPSA) is 82.2 Å². The van der Waals surface area contributed by atoms with Gasteiger partial charge in [-0.3, -0.25) is 0 Å². The van der Waals surface area contributed by atoms with Crippen LogP contribution in [0, 0.1) is 0 Å². The molecule has 1 amide bonds. The van der Waals surface area contributed by atoms with Crippen molar-refractivity contribution in [3.05, 3.63) is 83.7 Å². The van der Waals surface area contributed by atoms with Crippen LogP contribution in [0.3, 0.4) is 0 Å². The Balaban J connectivity index is 0.00000341. The van der Waals surface area contributed by atoms with Gasteiger partial charge in [0, 0.05) is 18.8 Å². The van der Waals surface area contributed by atoms with Gasteiger partial charge in [0.25, 0.3) is 0 Å². The number of nitrogen functional groups attached to an aromatic ring is 1. The molecule has 1 heterocycles. The van der Waals surface area contributed by atoms with Gasteiger partial charge >= 0.3 is 6.09 Å². The summed E-state index contributed by atoms with van der Waals surface area (Å²) in [6.07, 6.45) is 6.22. The van der Waals surface area contributed by atoms with E-state index in [4.69, 9.17) is 10.5 Å². The first-order valence-electron chi connectivity index (χ1n) is 10.5. The second-order valence-corrected chi connectivity index (χ2v) is 7.29. The molecule has 3 N–H and O–H groups in total. The average molecular weight is 443 g/mol. The number of carbonyl (C=O) groups excluding carboxylic acids is 1. The molecule has 0 saturated heterocycles. The van der Waals surface area contributed by atoms with E-state index in [1.807, 2.05) is 42.6 Å². The van der Waals surface area contributed by atoms with E-state index in [1.54, 1.807) is 0 Å². The van der Waals surface area contributed by atoms with Crippen LogP contribution in [0.4, 0.5) is 10.7 Å². The zero-order chi connectivity index (χ0) is 21.0. The summed E-state index contributed by atoms with van der Waals surface area (Å²) in [6, 6.07) is 20.1. The van der Waals surface area contributed by atoms with E-state index in [2.05, 4.69) is 39.1 Å². The molecule has 0 saturated carbocycles. The molecule has 3 aromatic rings. The lowest BCUT2D eigenvalue weighted by Gasteiger charge is -2.10. The molecule has 0 aliphatic carbocycles. The minimum atomic E-state index is -0.381. The SMILES string of the molecule is Cl.Nc1ncc(CCCCNC(=O)OCc2ccccc2)n1CCCc1ccccc1. The van der Waals surface area contributed by atoms with Crippen molar-refractivity contribution >= 4 is 24.4 Å². The normalized spacial score (nSPS) is 10.3. The number of imidazole rings is 1. The van der Waals surface area contributed by atoms with Crippen molar-refractivity contribution in [2.45, 2.75) is 45.3 Å². The molecule has 31 heavy (non-hydrogen) atoms. The summed E-state index contributed by atoms with van der Waals surface area (Å²) in [7, 11) is 0. The fourth-order valence-electron chi connectivity index (χ4n) is 3.37. The third-order valence-corrected chi connectivity index (χ3v) is 5.00. The first kappa shape index (κ1) is 24.3. The maximum absolute atomic E-state index is 11.8. The number of hydrogen-bond donors (Lipinski definition) is 2. The van der Waals surface area contributed by atoms with Crippen LogP contribution in [0.5, 0.6) is 0 Å². The molecule has 0 aliphatic rings. The minimum Gasteiger partial charge on any atom is -0.445 e. The van der Waals surface area contributed by atoms with Crippen molar-refractivity contribution in [3.63, 3.8) is 0 Å². The highest BCUT2D eigenvalue weighted by Gasteiger charge is 2.08. The highest BCUT2D eigenvalue weighted by molar-refractivity contribution is 5.85. The van der Waals surface area contributed by atoms with Gasteiger partial charge in [0.1, 0.15) is 6.61 Å². The van der Waals surface area contributed by atoms with Crippen LogP contribution < -0.4 is 11.1 Å². The van der Waals surface area contributed by atoms with E-state index < -0.39 is 0 Å². The molecule has 0 radical (unpaired) electrons. The molecule has 3 rings (SSSR count). The number of anilines is 1. The van der Waals surface area contributed by atoms with Crippen LogP contribution in [-0.2, 0) is 30.7 Å². The number of aromatic nitrogens is 2. The van der Waals surface area contributed by atoms with Crippen LogP contribution in [0.25, 0.3) is 0 Å². The number of amides is 1. The van der Waals surface area contributed by atoms with Gasteiger partial charge in [0.2, 0.25) is 0 Å². The molecule has 0 fully saturated rings. The summed E-state index contributed by atoms with van der Waals surface area (Å²) in [6.45, 7) is 1.74. The van der Waals surface area contributed by atoms with E-state index in [0.717, 1.165) is 49.9 Å². The highest BCUT2D eigenvalue weighted by Crippen LogP contribution is 2.13. The summed E-state index contributed by atoms with van der Waals surface area (Å²) < 4.78 is 7.32. The molecule has 0 atom stereocenters. The second-order valence-electron chi connectivity index (χ2n) is 7.29. The molecule has 0 aliphatic heterocycles. The number of halogens is 1. The van der Waals surface area contributed by atoms with E-state index in [-0.39, 0.29) is 25.1 Å². The van der Waals surface area contributed by atoms with Gasteiger partial charge in [-0.25, -0.2) is 9.78 Å². The first-order chi connectivity index (χ1) is 14.7. The molecule has 0 unspecified atom stereocenters. The Morgan fingerprint density at radius 3 is 2.32 bits per heavy atom. The summed E-state index contributed by atoms with van der Waals surface area (Å²) in [5.41, 5.74) is 9.51. The molecule has 0 bridgehead atoms. The number of unbranched alkanes of at least 4 members (excludes halogenated alkanes) is 1. The number of nitrogens with zero attached hydrogens (tertiary/aromatic N) is 2. The van der Waals surface area contributed by atoms with Gasteiger partial charge in [-0.1, -0.05) is 60.7 Å². The number of benzene rings is 2. The second kappa shape index (κ2) is 13.3. The Labute approximate surface area is 190 Å². The summed E-state index contributed by atoms with van der Waals surface area (Å²) >= 11 is 0. The van der Waals surface area contributed by atoms with Crippen molar-refractivity contribution in [1.82, 2.24) is 14.9 Å². The number of hydrogen-bond acceptors (Lipinski definition) is 4. The monoisotopic (exact) mass is 442 g/mol. The predicted molar refractivity (Wildman–Crippen MR) is 126 cm³/mol. The van der Waals surface area contributed by atoms with Crippen molar-refractivity contribution in [2.75, 3.05) is 12.3 Å². The summed E-state index contributed by atoms with van der Waals surface area (Å²) in [4.78, 5) is 16.1. The van der Waals surface area contributed by atoms with E-state index in [1.165, 1.54) is 5.56 Å². The third kappa shape index (κ3) is 8.34.